The zero-order chi connectivity index (χ0) is 11.5. The number of aromatic carboxylic acids is 1. The summed E-state index contributed by atoms with van der Waals surface area (Å²) < 4.78 is 1.73. The topological polar surface area (TPSA) is 93.8 Å². The lowest BCUT2D eigenvalue weighted by Crippen LogP contribution is -2.01. The molecule has 8 heteroatoms. The van der Waals surface area contributed by atoms with Crippen molar-refractivity contribution in [3.05, 3.63) is 24.4 Å². The van der Waals surface area contributed by atoms with Crippen molar-refractivity contribution in [1.29, 1.82) is 0 Å². The Morgan fingerprint density at radius 2 is 2.25 bits per heavy atom. The third kappa shape index (κ3) is 2.16. The quantitative estimate of drug-likeness (QED) is 0.828. The summed E-state index contributed by atoms with van der Waals surface area (Å²) in [6.07, 6.45) is 4.17. The minimum absolute atomic E-state index is 0.0812. The molecule has 0 radical (unpaired) electrons. The first-order valence-electron chi connectivity index (χ1n) is 4.24. The number of rotatable bonds is 3. The van der Waals surface area contributed by atoms with Crippen molar-refractivity contribution in [2.45, 2.75) is 10.2 Å². The molecule has 0 fully saturated rings. The van der Waals surface area contributed by atoms with Gasteiger partial charge in [0.15, 0.2) is 10.9 Å². The smallest absolute Gasteiger partial charge is 0.356 e. The molecule has 0 atom stereocenters. The molecule has 0 spiro atoms. The Morgan fingerprint density at radius 1 is 1.44 bits per heavy atom. The summed E-state index contributed by atoms with van der Waals surface area (Å²) in [5.74, 6) is -1.09. The van der Waals surface area contributed by atoms with Crippen LogP contribution in [-0.4, -0.2) is 35.8 Å². The van der Waals surface area contributed by atoms with E-state index in [2.05, 4.69) is 20.2 Å². The van der Waals surface area contributed by atoms with Gasteiger partial charge in [0.25, 0.3) is 0 Å². The molecule has 0 aliphatic rings. The number of nitrogens with zero attached hydrogens (tertiary/aromatic N) is 5. The van der Waals surface area contributed by atoms with E-state index < -0.39 is 5.97 Å². The minimum Gasteiger partial charge on any atom is -0.476 e. The number of hydrogen-bond acceptors (Lipinski definition) is 6. The van der Waals surface area contributed by atoms with E-state index in [1.807, 2.05) is 0 Å². The van der Waals surface area contributed by atoms with Gasteiger partial charge in [0.1, 0.15) is 11.4 Å². The van der Waals surface area contributed by atoms with E-state index in [9.17, 15) is 4.79 Å². The fourth-order valence-corrected chi connectivity index (χ4v) is 1.61. The van der Waals surface area contributed by atoms with Crippen molar-refractivity contribution < 1.29 is 9.90 Å². The van der Waals surface area contributed by atoms with Gasteiger partial charge in [0, 0.05) is 7.05 Å². The molecule has 2 aromatic heterocycles. The fraction of sp³-hybridized carbons (Fsp3) is 0.125. The van der Waals surface area contributed by atoms with E-state index in [1.54, 1.807) is 17.9 Å². The van der Waals surface area contributed by atoms with Gasteiger partial charge >= 0.3 is 5.97 Å². The minimum atomic E-state index is -1.09. The second kappa shape index (κ2) is 4.27. The van der Waals surface area contributed by atoms with Crippen molar-refractivity contribution in [1.82, 2.24) is 24.7 Å². The van der Waals surface area contributed by atoms with Crippen molar-refractivity contribution in [2.24, 2.45) is 7.05 Å². The number of aryl methyl sites for hydroxylation is 1. The molecule has 2 heterocycles. The van der Waals surface area contributed by atoms with Crippen LogP contribution in [0.15, 0.2) is 28.9 Å². The highest BCUT2D eigenvalue weighted by Crippen LogP contribution is 2.21. The molecule has 0 aromatic carbocycles. The summed E-state index contributed by atoms with van der Waals surface area (Å²) in [5.41, 5.74) is -0.0812. The maximum absolute atomic E-state index is 10.5. The first-order valence-corrected chi connectivity index (χ1v) is 5.05. The van der Waals surface area contributed by atoms with Gasteiger partial charge in [-0.1, -0.05) is 0 Å². The van der Waals surface area contributed by atoms with Crippen molar-refractivity contribution in [3.8, 4) is 0 Å². The lowest BCUT2D eigenvalue weighted by molar-refractivity contribution is 0.0689. The van der Waals surface area contributed by atoms with E-state index in [0.29, 0.717) is 10.2 Å². The van der Waals surface area contributed by atoms with Gasteiger partial charge in [-0.3, -0.25) is 0 Å². The molecule has 2 aromatic rings. The van der Waals surface area contributed by atoms with Crippen molar-refractivity contribution >= 4 is 17.7 Å². The summed E-state index contributed by atoms with van der Waals surface area (Å²) in [6.45, 7) is 0. The zero-order valence-corrected chi connectivity index (χ0v) is 9.05. The third-order valence-electron chi connectivity index (χ3n) is 1.71. The SMILES string of the molecule is Cn1cnnc1Sc1cnc(C(=O)O)cn1. The maximum Gasteiger partial charge on any atom is 0.356 e. The summed E-state index contributed by atoms with van der Waals surface area (Å²) in [7, 11) is 1.81. The van der Waals surface area contributed by atoms with E-state index in [0.717, 1.165) is 0 Å². The van der Waals surface area contributed by atoms with Crippen LogP contribution >= 0.6 is 11.8 Å². The first kappa shape index (κ1) is 10.6. The van der Waals surface area contributed by atoms with Crippen LogP contribution in [-0.2, 0) is 7.05 Å². The van der Waals surface area contributed by atoms with Gasteiger partial charge in [-0.15, -0.1) is 10.2 Å². The molecule has 0 unspecified atom stereocenters. The molecule has 0 aliphatic heterocycles. The summed E-state index contributed by atoms with van der Waals surface area (Å²) in [6, 6.07) is 0. The summed E-state index contributed by atoms with van der Waals surface area (Å²) >= 11 is 1.26. The van der Waals surface area contributed by atoms with Crippen molar-refractivity contribution in [3.63, 3.8) is 0 Å². The molecule has 0 aliphatic carbocycles. The molecule has 16 heavy (non-hydrogen) atoms. The van der Waals surface area contributed by atoms with E-state index in [1.165, 1.54) is 24.2 Å². The number of carbonyl (C=O) groups is 1. The van der Waals surface area contributed by atoms with Crippen LogP contribution < -0.4 is 0 Å². The van der Waals surface area contributed by atoms with Crippen LogP contribution in [0.1, 0.15) is 10.5 Å². The number of aromatic nitrogens is 5. The molecule has 0 saturated heterocycles. The molecule has 0 saturated carbocycles. The normalized spacial score (nSPS) is 10.3. The average molecular weight is 237 g/mol. The Hall–Kier alpha value is -1.96. The Labute approximate surface area is 94.6 Å². The highest BCUT2D eigenvalue weighted by molar-refractivity contribution is 7.99. The van der Waals surface area contributed by atoms with E-state index >= 15 is 0 Å². The second-order valence-electron chi connectivity index (χ2n) is 2.87. The number of carboxylic acids is 1. The maximum atomic E-state index is 10.5. The monoisotopic (exact) mass is 237 g/mol. The largest absolute Gasteiger partial charge is 0.476 e. The Morgan fingerprint density at radius 3 is 2.75 bits per heavy atom. The lowest BCUT2D eigenvalue weighted by atomic mass is 10.5. The van der Waals surface area contributed by atoms with Crippen LogP contribution in [0.25, 0.3) is 0 Å². The molecule has 0 bridgehead atoms. The standard InChI is InChI=1S/C8H7N5O2S/c1-13-4-11-12-8(13)16-6-3-9-5(2-10-6)7(14)15/h2-4H,1H3,(H,14,15). The van der Waals surface area contributed by atoms with E-state index in [4.69, 9.17) is 5.11 Å². The Balaban J connectivity index is 2.17. The van der Waals surface area contributed by atoms with Gasteiger partial charge in [0.2, 0.25) is 0 Å². The first-order chi connectivity index (χ1) is 7.66. The van der Waals surface area contributed by atoms with Gasteiger partial charge in [0.05, 0.1) is 12.4 Å². The zero-order valence-electron chi connectivity index (χ0n) is 8.23. The summed E-state index contributed by atoms with van der Waals surface area (Å²) in [5, 5.41) is 17.4. The highest BCUT2D eigenvalue weighted by Gasteiger charge is 2.08. The molecule has 2 rings (SSSR count). The van der Waals surface area contributed by atoms with Crippen molar-refractivity contribution in [2.75, 3.05) is 0 Å². The van der Waals surface area contributed by atoms with E-state index in [-0.39, 0.29) is 5.69 Å². The predicted octanol–water partition coefficient (Wildman–Crippen LogP) is 0.454. The lowest BCUT2D eigenvalue weighted by Gasteiger charge is -1.99. The van der Waals surface area contributed by atoms with Crippen LogP contribution in [0, 0.1) is 0 Å². The Kier molecular flexibility index (Phi) is 2.82. The van der Waals surface area contributed by atoms with Crippen LogP contribution in [0.2, 0.25) is 0 Å². The Bertz CT molecular complexity index is 509. The molecular weight excluding hydrogens is 230 g/mol. The fourth-order valence-electron chi connectivity index (χ4n) is 0.938. The molecule has 7 nitrogen and oxygen atoms in total. The molecule has 0 amide bonds. The second-order valence-corrected chi connectivity index (χ2v) is 3.86. The van der Waals surface area contributed by atoms with Crippen LogP contribution in [0.5, 0.6) is 0 Å². The third-order valence-corrected chi connectivity index (χ3v) is 2.69. The van der Waals surface area contributed by atoms with Gasteiger partial charge in [-0.05, 0) is 11.8 Å². The average Bonchev–Trinajstić information content (AvgIpc) is 2.65. The van der Waals surface area contributed by atoms with Gasteiger partial charge in [-0.2, -0.15) is 0 Å². The molecule has 1 N–H and O–H groups in total. The van der Waals surface area contributed by atoms with Gasteiger partial charge in [-0.25, -0.2) is 14.8 Å². The van der Waals surface area contributed by atoms with Crippen LogP contribution in [0.4, 0.5) is 0 Å². The predicted molar refractivity (Wildman–Crippen MR) is 54.1 cm³/mol. The van der Waals surface area contributed by atoms with Gasteiger partial charge < -0.3 is 9.67 Å². The summed E-state index contributed by atoms with van der Waals surface area (Å²) in [4.78, 5) is 18.3. The van der Waals surface area contributed by atoms with Crippen LogP contribution in [0.3, 0.4) is 0 Å². The molecule has 82 valence electrons. The number of carboxylic acid groups (broad SMARTS) is 1. The highest BCUT2D eigenvalue weighted by atomic mass is 32.2. The number of hydrogen-bond donors (Lipinski definition) is 1. The molecular formula is C8H7N5O2S.